The summed E-state index contributed by atoms with van der Waals surface area (Å²) < 4.78 is 12.3. The first kappa shape index (κ1) is 12.7. The van der Waals surface area contributed by atoms with E-state index in [9.17, 15) is 4.21 Å². The molecule has 4 heteroatoms. The molecule has 98 valence electrons. The number of aliphatic imine (C=N–C) groups is 2. The number of hydrogen-bond acceptors (Lipinski definition) is 2. The van der Waals surface area contributed by atoms with Crippen molar-refractivity contribution in [2.24, 2.45) is 9.98 Å². The van der Waals surface area contributed by atoms with Crippen molar-refractivity contribution >= 4 is 33.9 Å². The van der Waals surface area contributed by atoms with Crippen LogP contribution in [0.25, 0.3) is 6.08 Å². The molecule has 0 fully saturated rings. The Bertz CT molecular complexity index is 657. The van der Waals surface area contributed by atoms with E-state index in [0.717, 1.165) is 11.3 Å². The molecule has 0 saturated carbocycles. The van der Waals surface area contributed by atoms with Gasteiger partial charge >= 0.3 is 0 Å². The van der Waals surface area contributed by atoms with Crippen molar-refractivity contribution in [3.05, 3.63) is 71.1 Å². The van der Waals surface area contributed by atoms with E-state index in [0.29, 0.717) is 10.1 Å². The Morgan fingerprint density at radius 2 is 1.60 bits per heavy atom. The summed E-state index contributed by atoms with van der Waals surface area (Å²) in [6.45, 7) is 0. The van der Waals surface area contributed by atoms with Gasteiger partial charge in [-0.15, -0.1) is 0 Å². The highest BCUT2D eigenvalue weighted by Gasteiger charge is 2.19. The third-order valence-electron chi connectivity index (χ3n) is 2.77. The lowest BCUT2D eigenvalue weighted by Crippen LogP contribution is -1.98. The average Bonchev–Trinajstić information content (AvgIpc) is 2.83. The summed E-state index contributed by atoms with van der Waals surface area (Å²) in [5.74, 6) is 0. The molecule has 0 aromatic heterocycles. The summed E-state index contributed by atoms with van der Waals surface area (Å²) in [4.78, 5) is 9.13. The maximum atomic E-state index is 12.3. The number of allylic oxidation sites excluding steroid dienone is 1. The lowest BCUT2D eigenvalue weighted by molar-refractivity contribution is 0.694. The molecule has 3 rings (SSSR count). The van der Waals surface area contributed by atoms with E-state index in [1.165, 1.54) is 0 Å². The molecule has 1 unspecified atom stereocenters. The lowest BCUT2D eigenvalue weighted by Gasteiger charge is -1.96. The van der Waals surface area contributed by atoms with Crippen LogP contribution in [0.3, 0.4) is 0 Å². The lowest BCUT2D eigenvalue weighted by atomic mass is 10.2. The molecule has 1 atom stereocenters. The van der Waals surface area contributed by atoms with Crippen LogP contribution in [-0.4, -0.2) is 15.6 Å². The van der Waals surface area contributed by atoms with Gasteiger partial charge in [-0.1, -0.05) is 48.5 Å². The zero-order chi connectivity index (χ0) is 13.8. The molecule has 1 aliphatic heterocycles. The van der Waals surface area contributed by atoms with Gasteiger partial charge in [0, 0.05) is 6.21 Å². The first-order chi connectivity index (χ1) is 9.83. The normalized spacial score (nSPS) is 21.7. The van der Waals surface area contributed by atoms with Crippen LogP contribution < -0.4 is 0 Å². The fourth-order valence-electron chi connectivity index (χ4n) is 1.81. The zero-order valence-corrected chi connectivity index (χ0v) is 11.5. The van der Waals surface area contributed by atoms with E-state index in [2.05, 4.69) is 9.98 Å². The first-order valence-corrected chi connectivity index (χ1v) is 7.34. The van der Waals surface area contributed by atoms with Gasteiger partial charge in [0.2, 0.25) is 5.17 Å². The SMILES string of the molecule is O=S1C(=Cc2ccccc2)C=NC1=Nc1ccccc1. The third-order valence-corrected chi connectivity index (χ3v) is 3.95. The highest BCUT2D eigenvalue weighted by Crippen LogP contribution is 2.19. The highest BCUT2D eigenvalue weighted by molar-refractivity contribution is 8.05. The smallest absolute Gasteiger partial charge is 0.224 e. The Morgan fingerprint density at radius 3 is 2.30 bits per heavy atom. The van der Waals surface area contributed by atoms with Crippen molar-refractivity contribution in [2.45, 2.75) is 0 Å². The van der Waals surface area contributed by atoms with E-state index in [-0.39, 0.29) is 0 Å². The van der Waals surface area contributed by atoms with E-state index >= 15 is 0 Å². The summed E-state index contributed by atoms with van der Waals surface area (Å²) in [7, 11) is -1.31. The molecular formula is C16H12N2OS. The van der Waals surface area contributed by atoms with Crippen molar-refractivity contribution in [1.82, 2.24) is 0 Å². The molecule has 0 aliphatic carbocycles. The molecule has 2 aromatic rings. The quantitative estimate of drug-likeness (QED) is 0.829. The average molecular weight is 280 g/mol. The molecule has 20 heavy (non-hydrogen) atoms. The van der Waals surface area contributed by atoms with Crippen molar-refractivity contribution in [3.8, 4) is 0 Å². The topological polar surface area (TPSA) is 41.8 Å². The third kappa shape index (κ3) is 2.81. The van der Waals surface area contributed by atoms with Crippen molar-refractivity contribution in [3.63, 3.8) is 0 Å². The van der Waals surface area contributed by atoms with Gasteiger partial charge in [0.25, 0.3) is 0 Å². The molecular weight excluding hydrogens is 268 g/mol. The second-order valence-corrected chi connectivity index (χ2v) is 5.59. The maximum Gasteiger partial charge on any atom is 0.224 e. The predicted molar refractivity (Wildman–Crippen MR) is 84.6 cm³/mol. The summed E-state index contributed by atoms with van der Waals surface area (Å²) >= 11 is 0. The van der Waals surface area contributed by atoms with Gasteiger partial charge < -0.3 is 0 Å². The maximum absolute atomic E-state index is 12.3. The molecule has 0 radical (unpaired) electrons. The molecule has 0 N–H and O–H groups in total. The Morgan fingerprint density at radius 1 is 0.950 bits per heavy atom. The van der Waals surface area contributed by atoms with E-state index < -0.39 is 10.8 Å². The van der Waals surface area contributed by atoms with Gasteiger partial charge in [0.1, 0.15) is 10.8 Å². The van der Waals surface area contributed by atoms with Crippen LogP contribution in [0.1, 0.15) is 5.56 Å². The van der Waals surface area contributed by atoms with Crippen LogP contribution >= 0.6 is 0 Å². The van der Waals surface area contributed by atoms with E-state index in [1.807, 2.05) is 66.7 Å². The van der Waals surface area contributed by atoms with Crippen molar-refractivity contribution in [2.75, 3.05) is 0 Å². The molecule has 0 amide bonds. The summed E-state index contributed by atoms with van der Waals surface area (Å²) in [6.07, 6.45) is 3.48. The number of para-hydroxylation sites is 1. The molecule has 3 nitrogen and oxygen atoms in total. The molecule has 1 heterocycles. The van der Waals surface area contributed by atoms with Crippen molar-refractivity contribution < 1.29 is 4.21 Å². The monoisotopic (exact) mass is 280 g/mol. The summed E-state index contributed by atoms with van der Waals surface area (Å²) in [5, 5.41) is 0.346. The van der Waals surface area contributed by atoms with Gasteiger partial charge in [-0.2, -0.15) is 0 Å². The Balaban J connectivity index is 1.87. The number of hydrogen-bond donors (Lipinski definition) is 0. The zero-order valence-electron chi connectivity index (χ0n) is 10.6. The standard InChI is InChI=1S/C16H12N2OS/c19-20-15(11-13-7-3-1-4-8-13)12-17-16(20)18-14-9-5-2-6-10-14/h1-12H. The van der Waals surface area contributed by atoms with Gasteiger partial charge in [0.15, 0.2) is 0 Å². The fourth-order valence-corrected chi connectivity index (χ4v) is 2.75. The Hall–Kier alpha value is -2.33. The molecule has 0 bridgehead atoms. The van der Waals surface area contributed by atoms with Gasteiger partial charge in [0.05, 0.1) is 10.6 Å². The largest absolute Gasteiger partial charge is 0.246 e. The highest BCUT2D eigenvalue weighted by atomic mass is 32.2. The predicted octanol–water partition coefficient (Wildman–Crippen LogP) is 3.55. The van der Waals surface area contributed by atoms with Crippen LogP contribution in [0.4, 0.5) is 5.69 Å². The fraction of sp³-hybridized carbons (Fsp3) is 0. The van der Waals surface area contributed by atoms with Crippen LogP contribution in [-0.2, 0) is 10.8 Å². The minimum atomic E-state index is -1.31. The summed E-state index contributed by atoms with van der Waals surface area (Å²) in [5.41, 5.74) is 1.76. The van der Waals surface area contributed by atoms with Gasteiger partial charge in [-0.3, -0.25) is 0 Å². The van der Waals surface area contributed by atoms with Crippen LogP contribution in [0, 0.1) is 0 Å². The molecule has 1 aliphatic rings. The van der Waals surface area contributed by atoms with E-state index in [1.54, 1.807) is 6.21 Å². The Kier molecular flexibility index (Phi) is 3.65. The second-order valence-electron chi connectivity index (χ2n) is 4.21. The number of benzene rings is 2. The Labute approximate surface area is 119 Å². The van der Waals surface area contributed by atoms with E-state index in [4.69, 9.17) is 0 Å². The molecule has 2 aromatic carbocycles. The second kappa shape index (κ2) is 5.75. The molecule has 0 spiro atoms. The number of rotatable bonds is 2. The van der Waals surface area contributed by atoms with Crippen LogP contribution in [0.15, 0.2) is 75.6 Å². The number of amidine groups is 1. The van der Waals surface area contributed by atoms with Gasteiger partial charge in [-0.25, -0.2) is 14.2 Å². The van der Waals surface area contributed by atoms with Crippen LogP contribution in [0.5, 0.6) is 0 Å². The number of nitrogens with zero attached hydrogens (tertiary/aromatic N) is 2. The van der Waals surface area contributed by atoms with Crippen molar-refractivity contribution in [1.29, 1.82) is 0 Å². The van der Waals surface area contributed by atoms with Crippen LogP contribution in [0.2, 0.25) is 0 Å². The first-order valence-electron chi connectivity index (χ1n) is 6.19. The van der Waals surface area contributed by atoms with Gasteiger partial charge in [-0.05, 0) is 23.8 Å². The minimum absolute atomic E-state index is 0.346. The summed E-state index contributed by atoms with van der Waals surface area (Å²) in [6, 6.07) is 19.2. The minimum Gasteiger partial charge on any atom is -0.246 e. The molecule has 0 saturated heterocycles.